The molecule has 0 saturated carbocycles. The Balaban J connectivity index is 0.880. The number of anilines is 6. The molecule has 0 spiro atoms. The maximum absolute atomic E-state index is 18.4. The number of fused-ring (bicyclic) bond motifs is 10. The van der Waals surface area contributed by atoms with Crippen molar-refractivity contribution in [2.24, 2.45) is 0 Å². The fourth-order valence-electron chi connectivity index (χ4n) is 14.1. The summed E-state index contributed by atoms with van der Waals surface area (Å²) in [4.78, 5) is 4.11. The zero-order valence-electron chi connectivity index (χ0n) is 48.7. The van der Waals surface area contributed by atoms with E-state index in [1.165, 1.54) is 0 Å². The highest BCUT2D eigenvalue weighted by molar-refractivity contribution is 6.19. The van der Waals surface area contributed by atoms with Crippen molar-refractivity contribution in [1.82, 2.24) is 0 Å². The molecule has 0 amide bonds. The van der Waals surface area contributed by atoms with Crippen LogP contribution in [0.15, 0.2) is 300 Å². The van der Waals surface area contributed by atoms with Crippen molar-refractivity contribution in [1.29, 1.82) is 0 Å². The largest absolute Gasteiger partial charge is 0.454 e. The Morgan fingerprint density at radius 2 is 0.730 bits per heavy atom. The summed E-state index contributed by atoms with van der Waals surface area (Å²) in [6, 6.07) is 98.4. The molecule has 0 radical (unpaired) electrons. The van der Waals surface area contributed by atoms with Gasteiger partial charge in [0, 0.05) is 49.5 Å². The van der Waals surface area contributed by atoms with E-state index in [2.05, 4.69) is 128 Å². The Morgan fingerprint density at radius 1 is 0.292 bits per heavy atom. The van der Waals surface area contributed by atoms with Gasteiger partial charge in [0.05, 0.1) is 22.7 Å². The lowest BCUT2D eigenvalue weighted by molar-refractivity contribution is 0.631. The summed E-state index contributed by atoms with van der Waals surface area (Å²) >= 11 is 0. The molecule has 16 aromatic rings. The maximum atomic E-state index is 18.4. The molecule has 4 nitrogen and oxygen atoms in total. The molecule has 14 aromatic carbocycles. The number of benzene rings is 14. The lowest BCUT2D eigenvalue weighted by Gasteiger charge is -2.37. The van der Waals surface area contributed by atoms with Gasteiger partial charge in [0.25, 0.3) is 0 Å². The number of hydrogen-bond acceptors (Lipinski definition) is 4. The number of halogens is 2. The van der Waals surface area contributed by atoms with Gasteiger partial charge in [-0.25, -0.2) is 8.78 Å². The van der Waals surface area contributed by atoms with Crippen molar-refractivity contribution in [2.75, 3.05) is 9.80 Å². The van der Waals surface area contributed by atoms with Gasteiger partial charge in [0.2, 0.25) is 0 Å². The van der Waals surface area contributed by atoms with E-state index >= 15 is 8.78 Å². The highest BCUT2D eigenvalue weighted by Crippen LogP contribution is 2.55. The first-order valence-electron chi connectivity index (χ1n) is 30.2. The van der Waals surface area contributed by atoms with E-state index in [1.54, 1.807) is 0 Å². The Bertz CT molecular complexity index is 5500. The van der Waals surface area contributed by atoms with Gasteiger partial charge < -0.3 is 18.6 Å². The second kappa shape index (κ2) is 20.4. The molecule has 0 bridgehead atoms. The summed E-state index contributed by atoms with van der Waals surface area (Å²) in [6.45, 7) is 4.59. The standard InChI is InChI=1S/C83H54F2N2O2/c1-83(2)70-35-19-32-63-66-49-58(86(72-36-20-33-64-61-30-15-17-38-76(61)88-81(64)72)74-47-56(51-22-7-3-8-23-51)45-67(79(74)84)53-26-11-5-12-27-53)41-40-55(66)44-69(78(63)70)60-43-42-59(50-71(60)83)87(73-37-21-34-65-62-31-16-18-39-77(62)89-82(65)73)75-48-57(52-24-9-4-10-25-52)46-68(80(75)85)54-28-13-6-14-29-54/h3-50H,1-2H3. The highest BCUT2D eigenvalue weighted by atomic mass is 19.1. The van der Waals surface area contributed by atoms with Crippen LogP contribution < -0.4 is 9.80 Å². The quantitative estimate of drug-likeness (QED) is 0.128. The van der Waals surface area contributed by atoms with Crippen LogP contribution in [0.3, 0.4) is 0 Å². The van der Waals surface area contributed by atoms with Crippen LogP contribution in [0.5, 0.6) is 0 Å². The van der Waals surface area contributed by atoms with Crippen LogP contribution in [-0.2, 0) is 5.41 Å². The molecule has 0 N–H and O–H groups in total. The topological polar surface area (TPSA) is 32.8 Å². The van der Waals surface area contributed by atoms with Gasteiger partial charge in [-0.3, -0.25) is 0 Å². The van der Waals surface area contributed by atoms with Gasteiger partial charge in [-0.2, -0.15) is 0 Å². The lowest BCUT2D eigenvalue weighted by Crippen LogP contribution is -2.24. The monoisotopic (exact) mass is 1150 g/mol. The van der Waals surface area contributed by atoms with E-state index in [4.69, 9.17) is 8.83 Å². The molecule has 2 heterocycles. The molecule has 1 aliphatic rings. The SMILES string of the molecule is CC1(C)c2cc(N(c3cc(-c4ccccc4)cc(-c4ccccc4)c3F)c3cccc4c3oc3ccccc34)ccc2-c2cc3ccc(N(c4cc(-c5ccccc5)cc(-c5ccccc5)c4F)c4cccc5c4oc4ccccc45)cc3c3cccc1c23. The second-order valence-corrected chi connectivity index (χ2v) is 23.8. The molecule has 0 atom stereocenters. The molecule has 2 aromatic heterocycles. The Kier molecular flexibility index (Phi) is 11.9. The summed E-state index contributed by atoms with van der Waals surface area (Å²) in [5.41, 5.74) is 16.7. The Labute approximate surface area is 513 Å². The van der Waals surface area contributed by atoms with Crippen LogP contribution in [-0.4, -0.2) is 0 Å². The highest BCUT2D eigenvalue weighted by Gasteiger charge is 2.36. The van der Waals surface area contributed by atoms with E-state index in [-0.39, 0.29) is 11.6 Å². The predicted octanol–water partition coefficient (Wildman–Crippen LogP) is 24.0. The number of para-hydroxylation sites is 4. The Hall–Kier alpha value is -11.3. The summed E-state index contributed by atoms with van der Waals surface area (Å²) in [5, 5.41) is 8.14. The van der Waals surface area contributed by atoms with E-state index < -0.39 is 5.41 Å². The minimum atomic E-state index is -0.558. The molecule has 1 aliphatic carbocycles. The van der Waals surface area contributed by atoms with Crippen molar-refractivity contribution in [2.45, 2.75) is 19.3 Å². The molecule has 6 heteroatoms. The second-order valence-electron chi connectivity index (χ2n) is 23.8. The van der Waals surface area contributed by atoms with E-state index in [1.807, 2.05) is 187 Å². The van der Waals surface area contributed by atoms with Crippen LogP contribution in [0, 0.1) is 11.6 Å². The van der Waals surface area contributed by atoms with Crippen LogP contribution in [0.1, 0.15) is 25.0 Å². The van der Waals surface area contributed by atoms with Crippen molar-refractivity contribution >= 4 is 99.5 Å². The van der Waals surface area contributed by atoms with Gasteiger partial charge in [-0.1, -0.05) is 226 Å². The van der Waals surface area contributed by atoms with Gasteiger partial charge in [0.15, 0.2) is 22.8 Å². The third-order valence-electron chi connectivity index (χ3n) is 18.3. The zero-order chi connectivity index (χ0) is 59.5. The molecule has 0 fully saturated rings. The third-order valence-corrected chi connectivity index (χ3v) is 18.3. The maximum Gasteiger partial charge on any atom is 0.159 e. The normalized spacial score (nSPS) is 12.6. The van der Waals surface area contributed by atoms with E-state index in [9.17, 15) is 0 Å². The van der Waals surface area contributed by atoms with Crippen molar-refractivity contribution in [3.05, 3.63) is 314 Å². The lowest BCUT2D eigenvalue weighted by atomic mass is 9.68. The predicted molar refractivity (Wildman–Crippen MR) is 365 cm³/mol. The molecule has 17 rings (SSSR count). The van der Waals surface area contributed by atoms with Crippen LogP contribution in [0.25, 0.3) is 121 Å². The molecule has 89 heavy (non-hydrogen) atoms. The average Bonchev–Trinajstić information content (AvgIpc) is 1.30. The molecule has 422 valence electrons. The van der Waals surface area contributed by atoms with E-state index in [0.717, 1.165) is 121 Å². The van der Waals surface area contributed by atoms with Crippen LogP contribution >= 0.6 is 0 Å². The molecule has 0 unspecified atom stereocenters. The number of nitrogens with zero attached hydrogens (tertiary/aromatic N) is 2. The fraction of sp³-hybridized carbons (Fsp3) is 0.0361. The van der Waals surface area contributed by atoms with Gasteiger partial charge in [-0.05, 0) is 156 Å². The minimum absolute atomic E-state index is 0.349. The molecule has 0 saturated heterocycles. The number of rotatable bonds is 10. The van der Waals surface area contributed by atoms with E-state index in [0.29, 0.717) is 45.0 Å². The van der Waals surface area contributed by atoms with Crippen molar-refractivity contribution < 1.29 is 17.6 Å². The number of furan rings is 2. The summed E-state index contributed by atoms with van der Waals surface area (Å²) < 4.78 is 50.3. The first kappa shape index (κ1) is 52.0. The number of hydrogen-bond donors (Lipinski definition) is 0. The van der Waals surface area contributed by atoms with Crippen molar-refractivity contribution in [3.63, 3.8) is 0 Å². The van der Waals surface area contributed by atoms with Gasteiger partial charge in [-0.15, -0.1) is 0 Å². The first-order valence-corrected chi connectivity index (χ1v) is 30.2. The minimum Gasteiger partial charge on any atom is -0.454 e. The first-order chi connectivity index (χ1) is 43.7. The van der Waals surface area contributed by atoms with Crippen LogP contribution in [0.2, 0.25) is 0 Å². The molecular formula is C83H54F2N2O2. The van der Waals surface area contributed by atoms with Crippen LogP contribution in [0.4, 0.5) is 42.9 Å². The fourth-order valence-corrected chi connectivity index (χ4v) is 14.1. The smallest absolute Gasteiger partial charge is 0.159 e. The van der Waals surface area contributed by atoms with Crippen molar-refractivity contribution in [3.8, 4) is 55.6 Å². The zero-order valence-corrected chi connectivity index (χ0v) is 48.7. The summed E-state index contributed by atoms with van der Waals surface area (Å²) in [5.74, 6) is -0.701. The van der Waals surface area contributed by atoms with Gasteiger partial charge in [0.1, 0.15) is 11.2 Å². The third kappa shape index (κ3) is 8.32. The summed E-state index contributed by atoms with van der Waals surface area (Å²) in [7, 11) is 0. The summed E-state index contributed by atoms with van der Waals surface area (Å²) in [6.07, 6.45) is 0. The molecular weight excluding hydrogens is 1090 g/mol. The average molecular weight is 1150 g/mol. The van der Waals surface area contributed by atoms with Gasteiger partial charge >= 0.3 is 0 Å². The molecule has 0 aliphatic heterocycles. The Morgan fingerprint density at radius 3 is 1.26 bits per heavy atom.